The molecule has 0 radical (unpaired) electrons. The minimum absolute atomic E-state index is 0.229. The van der Waals surface area contributed by atoms with Crippen LogP contribution in [0, 0.1) is 6.92 Å². The summed E-state index contributed by atoms with van der Waals surface area (Å²) >= 11 is 5.85. The van der Waals surface area contributed by atoms with E-state index in [0.717, 1.165) is 5.56 Å². The molecule has 3 aromatic rings. The van der Waals surface area contributed by atoms with E-state index in [1.807, 2.05) is 19.1 Å². The average molecular weight is 466 g/mol. The van der Waals surface area contributed by atoms with Crippen LogP contribution in [-0.2, 0) is 9.59 Å². The number of amides is 2. The second-order valence-electron chi connectivity index (χ2n) is 6.78. The summed E-state index contributed by atoms with van der Waals surface area (Å²) in [5.74, 6) is -1.84. The normalized spacial score (nSPS) is 10.5. The van der Waals surface area contributed by atoms with Gasteiger partial charge in [-0.3, -0.25) is 9.59 Å². The molecule has 9 heteroatoms. The van der Waals surface area contributed by atoms with Gasteiger partial charge in [0.15, 0.2) is 11.5 Å². The van der Waals surface area contributed by atoms with Gasteiger partial charge in [0.05, 0.1) is 18.9 Å². The van der Waals surface area contributed by atoms with Crippen LogP contribution in [0.2, 0.25) is 5.02 Å². The summed E-state index contributed by atoms with van der Waals surface area (Å²) < 4.78 is 10.8. The number of carbonyl (C=O) groups is 3. The van der Waals surface area contributed by atoms with E-state index in [1.54, 1.807) is 48.5 Å². The lowest BCUT2D eigenvalue weighted by Gasteiger charge is -2.11. The summed E-state index contributed by atoms with van der Waals surface area (Å²) in [6, 6.07) is 18.2. The van der Waals surface area contributed by atoms with E-state index in [4.69, 9.17) is 21.1 Å². The Bertz CT molecular complexity index is 1230. The molecule has 0 fully saturated rings. The zero-order chi connectivity index (χ0) is 23.8. The maximum Gasteiger partial charge on any atom is 0.343 e. The molecule has 0 atom stereocenters. The molecule has 3 aromatic carbocycles. The third kappa shape index (κ3) is 6.41. The van der Waals surface area contributed by atoms with Crippen molar-refractivity contribution in [3.8, 4) is 11.5 Å². The van der Waals surface area contributed by atoms with Crippen molar-refractivity contribution in [1.29, 1.82) is 0 Å². The van der Waals surface area contributed by atoms with Crippen LogP contribution in [0.15, 0.2) is 71.8 Å². The molecular formula is C24H20ClN3O5. The molecule has 3 rings (SSSR count). The molecule has 0 unspecified atom stereocenters. The number of anilines is 1. The first kappa shape index (κ1) is 23.5. The maximum absolute atomic E-state index is 12.5. The van der Waals surface area contributed by atoms with E-state index in [9.17, 15) is 14.4 Å². The summed E-state index contributed by atoms with van der Waals surface area (Å²) in [7, 11) is 1.43. The Hall–Kier alpha value is -4.17. The maximum atomic E-state index is 12.5. The lowest BCUT2D eigenvalue weighted by atomic mass is 10.1. The number of benzene rings is 3. The molecule has 8 nitrogen and oxygen atoms in total. The molecule has 0 aromatic heterocycles. The molecule has 33 heavy (non-hydrogen) atoms. The van der Waals surface area contributed by atoms with Gasteiger partial charge in [0.2, 0.25) is 0 Å². The van der Waals surface area contributed by atoms with Crippen LogP contribution in [0.25, 0.3) is 0 Å². The summed E-state index contributed by atoms with van der Waals surface area (Å²) in [6.07, 6.45) is 1.32. The van der Waals surface area contributed by atoms with Gasteiger partial charge >= 0.3 is 17.8 Å². The molecule has 0 spiro atoms. The molecule has 0 saturated carbocycles. The predicted octanol–water partition coefficient (Wildman–Crippen LogP) is 3.97. The van der Waals surface area contributed by atoms with E-state index < -0.39 is 17.8 Å². The van der Waals surface area contributed by atoms with Crippen LogP contribution in [0.5, 0.6) is 11.5 Å². The van der Waals surface area contributed by atoms with Crippen molar-refractivity contribution in [3.05, 3.63) is 88.4 Å². The number of nitrogens with zero attached hydrogens (tertiary/aromatic N) is 1. The zero-order valence-corrected chi connectivity index (χ0v) is 18.6. The number of nitrogens with one attached hydrogen (secondary N) is 2. The highest BCUT2D eigenvalue weighted by molar-refractivity contribution is 6.39. The van der Waals surface area contributed by atoms with Crippen LogP contribution in [0.4, 0.5) is 5.69 Å². The number of hydrogen-bond acceptors (Lipinski definition) is 6. The Morgan fingerprint density at radius 2 is 1.73 bits per heavy atom. The monoisotopic (exact) mass is 465 g/mol. The van der Waals surface area contributed by atoms with Crippen LogP contribution in [-0.4, -0.2) is 31.1 Å². The molecular weight excluding hydrogens is 446 g/mol. The molecule has 0 bridgehead atoms. The Balaban J connectivity index is 1.62. The van der Waals surface area contributed by atoms with Gasteiger partial charge in [0.1, 0.15) is 0 Å². The number of aryl methyl sites for hydroxylation is 1. The van der Waals surface area contributed by atoms with Gasteiger partial charge in [-0.2, -0.15) is 5.10 Å². The minimum atomic E-state index is -0.957. The fourth-order valence-electron chi connectivity index (χ4n) is 2.78. The fraction of sp³-hybridized carbons (Fsp3) is 0.0833. The van der Waals surface area contributed by atoms with Crippen molar-refractivity contribution in [3.63, 3.8) is 0 Å². The third-order valence-electron chi connectivity index (χ3n) is 4.42. The van der Waals surface area contributed by atoms with Gasteiger partial charge in [-0.05, 0) is 60.5 Å². The smallest absolute Gasteiger partial charge is 0.343 e. The van der Waals surface area contributed by atoms with Gasteiger partial charge in [-0.1, -0.05) is 35.9 Å². The summed E-state index contributed by atoms with van der Waals surface area (Å²) in [4.78, 5) is 36.3. The van der Waals surface area contributed by atoms with Gasteiger partial charge in [-0.25, -0.2) is 10.2 Å². The van der Waals surface area contributed by atoms with E-state index in [-0.39, 0.29) is 5.75 Å². The van der Waals surface area contributed by atoms with Crippen molar-refractivity contribution in [2.24, 2.45) is 5.10 Å². The topological polar surface area (TPSA) is 106 Å². The number of esters is 1. The number of rotatable bonds is 6. The highest BCUT2D eigenvalue weighted by Gasteiger charge is 2.15. The van der Waals surface area contributed by atoms with Gasteiger partial charge in [-0.15, -0.1) is 0 Å². The average Bonchev–Trinajstić information content (AvgIpc) is 2.80. The summed E-state index contributed by atoms with van der Waals surface area (Å²) in [5.41, 5.74) is 4.30. The first-order valence-corrected chi connectivity index (χ1v) is 10.1. The highest BCUT2D eigenvalue weighted by Crippen LogP contribution is 2.28. The number of hydrogen-bond donors (Lipinski definition) is 2. The molecule has 0 aliphatic rings. The van der Waals surface area contributed by atoms with Crippen molar-refractivity contribution in [2.45, 2.75) is 6.92 Å². The lowest BCUT2D eigenvalue weighted by Crippen LogP contribution is -2.32. The Morgan fingerprint density at radius 1 is 0.939 bits per heavy atom. The van der Waals surface area contributed by atoms with Crippen molar-refractivity contribution >= 4 is 41.3 Å². The summed E-state index contributed by atoms with van der Waals surface area (Å²) in [6.45, 7) is 1.82. The van der Waals surface area contributed by atoms with Crippen molar-refractivity contribution < 1.29 is 23.9 Å². The van der Waals surface area contributed by atoms with Crippen molar-refractivity contribution in [2.75, 3.05) is 12.4 Å². The SMILES string of the molecule is COc1cc(C=NNC(=O)C(=O)Nc2cccc(Cl)c2)ccc1OC(=O)c1ccccc1C. The molecule has 0 aliphatic carbocycles. The first-order chi connectivity index (χ1) is 15.9. The Kier molecular flexibility index (Phi) is 7.77. The molecule has 168 valence electrons. The molecule has 2 N–H and O–H groups in total. The number of carbonyl (C=O) groups excluding carboxylic acids is 3. The highest BCUT2D eigenvalue weighted by atomic mass is 35.5. The molecule has 2 amide bonds. The molecule has 0 saturated heterocycles. The lowest BCUT2D eigenvalue weighted by molar-refractivity contribution is -0.136. The van der Waals surface area contributed by atoms with E-state index in [2.05, 4.69) is 15.8 Å². The van der Waals surface area contributed by atoms with Crippen LogP contribution in [0.1, 0.15) is 21.5 Å². The number of methoxy groups -OCH3 is 1. The van der Waals surface area contributed by atoms with Gasteiger partial charge in [0.25, 0.3) is 0 Å². The van der Waals surface area contributed by atoms with Gasteiger partial charge < -0.3 is 14.8 Å². The quantitative estimate of drug-likeness (QED) is 0.188. The Morgan fingerprint density at radius 3 is 2.45 bits per heavy atom. The molecule has 0 aliphatic heterocycles. The van der Waals surface area contributed by atoms with E-state index in [0.29, 0.717) is 27.6 Å². The van der Waals surface area contributed by atoms with E-state index in [1.165, 1.54) is 19.4 Å². The van der Waals surface area contributed by atoms with Crippen LogP contribution in [0.3, 0.4) is 0 Å². The van der Waals surface area contributed by atoms with Crippen LogP contribution < -0.4 is 20.2 Å². The number of ether oxygens (including phenoxy) is 2. The summed E-state index contributed by atoms with van der Waals surface area (Å²) in [5, 5.41) is 6.61. The zero-order valence-electron chi connectivity index (χ0n) is 17.8. The second-order valence-corrected chi connectivity index (χ2v) is 7.21. The Labute approximate surface area is 195 Å². The predicted molar refractivity (Wildman–Crippen MR) is 125 cm³/mol. The van der Waals surface area contributed by atoms with Crippen LogP contribution >= 0.6 is 11.6 Å². The van der Waals surface area contributed by atoms with E-state index >= 15 is 0 Å². The van der Waals surface area contributed by atoms with Gasteiger partial charge in [0, 0.05) is 10.7 Å². The minimum Gasteiger partial charge on any atom is -0.493 e. The number of halogens is 1. The van der Waals surface area contributed by atoms with Crippen molar-refractivity contribution in [1.82, 2.24) is 5.43 Å². The second kappa shape index (κ2) is 10.9. The fourth-order valence-corrected chi connectivity index (χ4v) is 2.97. The largest absolute Gasteiger partial charge is 0.493 e. The third-order valence-corrected chi connectivity index (χ3v) is 4.66. The molecule has 0 heterocycles. The standard InChI is InChI=1S/C24H20ClN3O5/c1-15-6-3-4-9-19(15)24(31)33-20-11-10-16(12-21(20)32-2)14-26-28-23(30)22(29)27-18-8-5-7-17(25)13-18/h3-14H,1-2H3,(H,27,29)(H,28,30). The first-order valence-electron chi connectivity index (χ1n) is 9.73. The number of hydrazone groups is 1.